The van der Waals surface area contributed by atoms with E-state index in [2.05, 4.69) is 43.1 Å². The number of hydrogen-bond acceptors (Lipinski definition) is 2. The summed E-state index contributed by atoms with van der Waals surface area (Å²) in [5.41, 5.74) is 3.63. The van der Waals surface area contributed by atoms with Crippen LogP contribution in [0.25, 0.3) is 0 Å². The molecule has 2 nitrogen and oxygen atoms in total. The lowest BCUT2D eigenvalue weighted by molar-refractivity contribution is 0.0831. The van der Waals surface area contributed by atoms with Crippen molar-refractivity contribution in [3.8, 4) is 0 Å². The summed E-state index contributed by atoms with van der Waals surface area (Å²) in [5, 5.41) is 0. The van der Waals surface area contributed by atoms with E-state index in [1.54, 1.807) is 0 Å². The molecule has 0 aliphatic rings. The lowest BCUT2D eigenvalue weighted by Crippen LogP contribution is -2.10. The minimum absolute atomic E-state index is 0.0560. The maximum atomic E-state index is 5.45. The van der Waals surface area contributed by atoms with E-state index in [0.717, 1.165) is 12.1 Å². The van der Waals surface area contributed by atoms with Crippen LogP contribution in [0.1, 0.15) is 38.3 Å². The standard InChI is InChI=1S/C14H21NO/c1-5-14(15-12(4)16-6-2)13-10-8-7-9-11(13)3/h7-10,12H,5-6H2,1-4H3/b15-14+. The highest BCUT2D eigenvalue weighted by Gasteiger charge is 2.06. The number of aliphatic imine (C=N–C) groups is 1. The summed E-state index contributed by atoms with van der Waals surface area (Å²) in [7, 11) is 0. The van der Waals surface area contributed by atoms with Crippen molar-refractivity contribution in [2.45, 2.75) is 40.3 Å². The van der Waals surface area contributed by atoms with E-state index in [1.807, 2.05) is 13.8 Å². The molecule has 2 heteroatoms. The van der Waals surface area contributed by atoms with Gasteiger partial charge in [-0.2, -0.15) is 0 Å². The molecule has 0 bridgehead atoms. The average Bonchev–Trinajstić information content (AvgIpc) is 2.27. The summed E-state index contributed by atoms with van der Waals surface area (Å²) in [6.07, 6.45) is 0.877. The van der Waals surface area contributed by atoms with Gasteiger partial charge in [0.1, 0.15) is 6.23 Å². The number of benzene rings is 1. The van der Waals surface area contributed by atoms with Crippen LogP contribution in [-0.2, 0) is 4.74 Å². The first-order valence-corrected chi connectivity index (χ1v) is 5.93. The summed E-state index contributed by atoms with van der Waals surface area (Å²) >= 11 is 0. The van der Waals surface area contributed by atoms with Crippen molar-refractivity contribution < 1.29 is 4.74 Å². The molecule has 0 amide bonds. The van der Waals surface area contributed by atoms with Crippen LogP contribution in [0.15, 0.2) is 29.3 Å². The molecular weight excluding hydrogens is 198 g/mol. The second kappa shape index (κ2) is 6.44. The van der Waals surface area contributed by atoms with Crippen molar-refractivity contribution in [1.29, 1.82) is 0 Å². The Morgan fingerprint density at radius 2 is 2.00 bits per heavy atom. The monoisotopic (exact) mass is 219 g/mol. The molecule has 0 fully saturated rings. The molecule has 0 aliphatic heterocycles. The van der Waals surface area contributed by atoms with Crippen LogP contribution in [0, 0.1) is 6.92 Å². The molecule has 1 rings (SSSR count). The molecule has 0 radical (unpaired) electrons. The van der Waals surface area contributed by atoms with Crippen molar-refractivity contribution in [3.05, 3.63) is 35.4 Å². The van der Waals surface area contributed by atoms with Crippen molar-refractivity contribution in [2.24, 2.45) is 4.99 Å². The zero-order valence-corrected chi connectivity index (χ0v) is 10.7. The number of rotatable bonds is 5. The van der Waals surface area contributed by atoms with Gasteiger partial charge in [-0.1, -0.05) is 31.2 Å². The first-order chi connectivity index (χ1) is 7.69. The molecule has 0 saturated heterocycles. The van der Waals surface area contributed by atoms with Gasteiger partial charge in [-0.05, 0) is 38.3 Å². The number of nitrogens with zero attached hydrogens (tertiary/aromatic N) is 1. The highest BCUT2D eigenvalue weighted by molar-refractivity contribution is 6.01. The molecular formula is C14H21NO. The van der Waals surface area contributed by atoms with Crippen LogP contribution in [0.3, 0.4) is 0 Å². The first kappa shape index (κ1) is 12.9. The van der Waals surface area contributed by atoms with Gasteiger partial charge in [-0.15, -0.1) is 0 Å². The van der Waals surface area contributed by atoms with Crippen LogP contribution < -0.4 is 0 Å². The summed E-state index contributed by atoms with van der Waals surface area (Å²) < 4.78 is 5.45. The highest BCUT2D eigenvalue weighted by atomic mass is 16.5. The number of hydrogen-bond donors (Lipinski definition) is 0. The SMILES string of the molecule is CCOC(C)/N=C(\CC)c1ccccc1C. The second-order valence-electron chi connectivity index (χ2n) is 3.80. The van der Waals surface area contributed by atoms with Crippen molar-refractivity contribution in [3.63, 3.8) is 0 Å². The van der Waals surface area contributed by atoms with E-state index in [-0.39, 0.29) is 6.23 Å². The Balaban J connectivity index is 2.94. The van der Waals surface area contributed by atoms with E-state index in [0.29, 0.717) is 6.61 Å². The zero-order valence-electron chi connectivity index (χ0n) is 10.7. The van der Waals surface area contributed by atoms with Gasteiger partial charge >= 0.3 is 0 Å². The molecule has 1 unspecified atom stereocenters. The van der Waals surface area contributed by atoms with Gasteiger partial charge in [0.15, 0.2) is 0 Å². The van der Waals surface area contributed by atoms with E-state index in [4.69, 9.17) is 4.74 Å². The Labute approximate surface area is 98.4 Å². The van der Waals surface area contributed by atoms with E-state index in [1.165, 1.54) is 11.1 Å². The first-order valence-electron chi connectivity index (χ1n) is 5.93. The van der Waals surface area contributed by atoms with Crippen molar-refractivity contribution in [1.82, 2.24) is 0 Å². The third kappa shape index (κ3) is 3.46. The topological polar surface area (TPSA) is 21.6 Å². The smallest absolute Gasteiger partial charge is 0.145 e. The Kier molecular flexibility index (Phi) is 5.20. The fourth-order valence-corrected chi connectivity index (χ4v) is 1.75. The fraction of sp³-hybridized carbons (Fsp3) is 0.500. The molecule has 0 aliphatic carbocycles. The van der Waals surface area contributed by atoms with Gasteiger partial charge in [0.05, 0.1) is 0 Å². The predicted molar refractivity (Wildman–Crippen MR) is 69.1 cm³/mol. The summed E-state index contributed by atoms with van der Waals surface area (Å²) in [6, 6.07) is 8.35. The van der Waals surface area contributed by atoms with Gasteiger partial charge in [-0.3, -0.25) is 4.99 Å². The molecule has 0 N–H and O–H groups in total. The van der Waals surface area contributed by atoms with Gasteiger partial charge in [0.2, 0.25) is 0 Å². The number of ether oxygens (including phenoxy) is 1. The van der Waals surface area contributed by atoms with Gasteiger partial charge in [-0.25, -0.2) is 0 Å². The molecule has 0 heterocycles. The average molecular weight is 219 g/mol. The van der Waals surface area contributed by atoms with Gasteiger partial charge in [0, 0.05) is 12.3 Å². The molecule has 88 valence electrons. The normalized spacial score (nSPS) is 13.9. The minimum atomic E-state index is -0.0560. The fourth-order valence-electron chi connectivity index (χ4n) is 1.75. The van der Waals surface area contributed by atoms with Crippen LogP contribution in [-0.4, -0.2) is 18.5 Å². The molecule has 1 atom stereocenters. The maximum absolute atomic E-state index is 5.45. The lowest BCUT2D eigenvalue weighted by atomic mass is 10.0. The third-order valence-electron chi connectivity index (χ3n) is 2.54. The predicted octanol–water partition coefficient (Wildman–Crippen LogP) is 3.58. The molecule has 16 heavy (non-hydrogen) atoms. The quantitative estimate of drug-likeness (QED) is 0.694. The maximum Gasteiger partial charge on any atom is 0.145 e. The Bertz CT molecular complexity index is 358. The van der Waals surface area contributed by atoms with Crippen molar-refractivity contribution >= 4 is 5.71 Å². The molecule has 1 aromatic rings. The Morgan fingerprint density at radius 1 is 1.31 bits per heavy atom. The van der Waals surface area contributed by atoms with Crippen LogP contribution in [0.2, 0.25) is 0 Å². The summed E-state index contributed by atoms with van der Waals surface area (Å²) in [4.78, 5) is 4.61. The van der Waals surface area contributed by atoms with Crippen molar-refractivity contribution in [2.75, 3.05) is 6.61 Å². The lowest BCUT2D eigenvalue weighted by Gasteiger charge is -2.12. The second-order valence-corrected chi connectivity index (χ2v) is 3.80. The van der Waals surface area contributed by atoms with E-state index in [9.17, 15) is 0 Å². The van der Waals surface area contributed by atoms with E-state index < -0.39 is 0 Å². The minimum Gasteiger partial charge on any atom is -0.357 e. The number of aryl methyl sites for hydroxylation is 1. The molecule has 0 aromatic heterocycles. The van der Waals surface area contributed by atoms with E-state index >= 15 is 0 Å². The van der Waals surface area contributed by atoms with Gasteiger partial charge in [0.25, 0.3) is 0 Å². The highest BCUT2D eigenvalue weighted by Crippen LogP contribution is 2.12. The third-order valence-corrected chi connectivity index (χ3v) is 2.54. The molecule has 1 aromatic carbocycles. The zero-order chi connectivity index (χ0) is 12.0. The largest absolute Gasteiger partial charge is 0.357 e. The van der Waals surface area contributed by atoms with Gasteiger partial charge < -0.3 is 4.74 Å². The molecule has 0 saturated carbocycles. The van der Waals surface area contributed by atoms with Crippen LogP contribution >= 0.6 is 0 Å². The van der Waals surface area contributed by atoms with Crippen LogP contribution in [0.5, 0.6) is 0 Å². The Morgan fingerprint density at radius 3 is 2.56 bits per heavy atom. The van der Waals surface area contributed by atoms with Crippen LogP contribution in [0.4, 0.5) is 0 Å². The summed E-state index contributed by atoms with van der Waals surface area (Å²) in [6.45, 7) is 8.92. The molecule has 0 spiro atoms. The summed E-state index contributed by atoms with van der Waals surface area (Å²) in [5.74, 6) is 0. The Hall–Kier alpha value is -1.15.